The van der Waals surface area contributed by atoms with Gasteiger partial charge in [0.05, 0.1) is 23.3 Å². The normalized spacial score (nSPS) is 9.70. The lowest BCUT2D eigenvalue weighted by molar-refractivity contribution is 0.0693. The van der Waals surface area contributed by atoms with Gasteiger partial charge < -0.3 is 14.6 Å². The maximum Gasteiger partial charge on any atom is 0.341 e. The van der Waals surface area contributed by atoms with Crippen molar-refractivity contribution >= 4 is 5.97 Å². The summed E-state index contributed by atoms with van der Waals surface area (Å²) < 4.78 is 11.2. The number of rotatable bonds is 5. The number of pyridine rings is 1. The van der Waals surface area contributed by atoms with Crippen molar-refractivity contribution in [2.24, 2.45) is 0 Å². The fourth-order valence-corrected chi connectivity index (χ4v) is 2.15. The van der Waals surface area contributed by atoms with E-state index in [0.717, 1.165) is 0 Å². The fourth-order valence-electron chi connectivity index (χ4n) is 2.15. The number of aromatic nitrogens is 1. The fraction of sp³-hybridized carbons (Fsp3) is 0. The van der Waals surface area contributed by atoms with Crippen LogP contribution in [-0.4, -0.2) is 16.1 Å². The maximum absolute atomic E-state index is 11.4. The van der Waals surface area contributed by atoms with Crippen LogP contribution in [0.25, 0.3) is 0 Å². The lowest BCUT2D eigenvalue weighted by atomic mass is 10.2. The number of nitriles is 2. The predicted molar refractivity (Wildman–Crippen MR) is 93.7 cm³/mol. The second kappa shape index (κ2) is 7.68. The second-order valence-corrected chi connectivity index (χ2v) is 5.28. The highest BCUT2D eigenvalue weighted by Crippen LogP contribution is 2.28. The van der Waals surface area contributed by atoms with Crippen molar-refractivity contribution in [3.63, 3.8) is 0 Å². The van der Waals surface area contributed by atoms with Crippen LogP contribution in [-0.2, 0) is 0 Å². The van der Waals surface area contributed by atoms with Gasteiger partial charge in [-0.05, 0) is 54.6 Å². The number of benzene rings is 2. The van der Waals surface area contributed by atoms with Gasteiger partial charge in [0.15, 0.2) is 0 Å². The van der Waals surface area contributed by atoms with Crippen molar-refractivity contribution in [3.8, 4) is 35.4 Å². The van der Waals surface area contributed by atoms with E-state index in [-0.39, 0.29) is 17.3 Å². The number of carbonyl (C=O) groups is 1. The molecular formula is C20H11N3O4. The van der Waals surface area contributed by atoms with Crippen molar-refractivity contribution in [3.05, 3.63) is 77.4 Å². The van der Waals surface area contributed by atoms with Crippen molar-refractivity contribution in [2.75, 3.05) is 0 Å². The van der Waals surface area contributed by atoms with Gasteiger partial charge in [-0.1, -0.05) is 0 Å². The monoisotopic (exact) mass is 357 g/mol. The molecule has 1 N–H and O–H groups in total. The number of nitrogens with zero attached hydrogens (tertiary/aromatic N) is 3. The SMILES string of the molecule is N#Cc1ccc(Oc2ccc(C(=O)O)c(Oc3ccc(C#N)cc3)n2)cc1. The molecular weight excluding hydrogens is 346 g/mol. The molecule has 0 aliphatic rings. The maximum atomic E-state index is 11.4. The van der Waals surface area contributed by atoms with E-state index in [4.69, 9.17) is 20.0 Å². The molecule has 7 heteroatoms. The molecule has 0 saturated heterocycles. The highest BCUT2D eigenvalue weighted by atomic mass is 16.5. The van der Waals surface area contributed by atoms with E-state index in [0.29, 0.717) is 22.6 Å². The predicted octanol–water partition coefficient (Wildman–Crippen LogP) is 4.11. The molecule has 1 heterocycles. The third-order valence-electron chi connectivity index (χ3n) is 3.47. The van der Waals surface area contributed by atoms with Crippen LogP contribution in [0.5, 0.6) is 23.3 Å². The number of hydrogen-bond donors (Lipinski definition) is 1. The van der Waals surface area contributed by atoms with E-state index in [9.17, 15) is 9.90 Å². The molecule has 3 aromatic rings. The number of ether oxygens (including phenoxy) is 2. The summed E-state index contributed by atoms with van der Waals surface area (Å²) in [7, 11) is 0. The van der Waals surface area contributed by atoms with Crippen molar-refractivity contribution in [1.82, 2.24) is 4.98 Å². The Labute approximate surface area is 154 Å². The van der Waals surface area contributed by atoms with Crippen LogP contribution in [0.1, 0.15) is 21.5 Å². The van der Waals surface area contributed by atoms with Crippen molar-refractivity contribution in [1.29, 1.82) is 10.5 Å². The number of carboxylic acids is 1. The van der Waals surface area contributed by atoms with Gasteiger partial charge in [-0.2, -0.15) is 15.5 Å². The van der Waals surface area contributed by atoms with Crippen molar-refractivity contribution < 1.29 is 19.4 Å². The van der Waals surface area contributed by atoms with Gasteiger partial charge >= 0.3 is 5.97 Å². The topological polar surface area (TPSA) is 116 Å². The lowest BCUT2D eigenvalue weighted by Gasteiger charge is -2.10. The minimum absolute atomic E-state index is 0.133. The summed E-state index contributed by atoms with van der Waals surface area (Å²) in [6.45, 7) is 0. The molecule has 0 bridgehead atoms. The molecule has 0 aliphatic carbocycles. The van der Waals surface area contributed by atoms with Gasteiger partial charge in [0.1, 0.15) is 17.1 Å². The Bertz CT molecular complexity index is 1060. The smallest absolute Gasteiger partial charge is 0.341 e. The number of aromatic carboxylic acids is 1. The molecule has 0 spiro atoms. The van der Waals surface area contributed by atoms with Crippen LogP contribution in [0.2, 0.25) is 0 Å². The molecule has 0 radical (unpaired) electrons. The Balaban J connectivity index is 1.88. The average molecular weight is 357 g/mol. The Morgan fingerprint density at radius 1 is 0.815 bits per heavy atom. The zero-order chi connectivity index (χ0) is 19.2. The van der Waals surface area contributed by atoms with Crippen molar-refractivity contribution in [2.45, 2.75) is 0 Å². The third-order valence-corrected chi connectivity index (χ3v) is 3.47. The summed E-state index contributed by atoms with van der Waals surface area (Å²) in [6.07, 6.45) is 0. The summed E-state index contributed by atoms with van der Waals surface area (Å²) in [5.41, 5.74) is 0.805. The highest BCUT2D eigenvalue weighted by Gasteiger charge is 2.16. The van der Waals surface area contributed by atoms with Gasteiger partial charge in [-0.3, -0.25) is 0 Å². The highest BCUT2D eigenvalue weighted by molar-refractivity contribution is 5.90. The van der Waals surface area contributed by atoms with Gasteiger partial charge in [0.2, 0.25) is 11.8 Å². The Kier molecular flexibility index (Phi) is 4.97. The number of hydrogen-bond acceptors (Lipinski definition) is 6. The van der Waals surface area contributed by atoms with E-state index >= 15 is 0 Å². The largest absolute Gasteiger partial charge is 0.477 e. The summed E-state index contributed by atoms with van der Waals surface area (Å²) in [4.78, 5) is 15.5. The second-order valence-electron chi connectivity index (χ2n) is 5.28. The zero-order valence-corrected chi connectivity index (χ0v) is 13.8. The van der Waals surface area contributed by atoms with Crippen LogP contribution in [0, 0.1) is 22.7 Å². The Morgan fingerprint density at radius 3 is 1.81 bits per heavy atom. The van der Waals surface area contributed by atoms with Crippen LogP contribution in [0.4, 0.5) is 0 Å². The minimum Gasteiger partial charge on any atom is -0.477 e. The molecule has 0 fully saturated rings. The van der Waals surface area contributed by atoms with Gasteiger partial charge in [0.25, 0.3) is 0 Å². The minimum atomic E-state index is -1.20. The molecule has 7 nitrogen and oxygen atoms in total. The zero-order valence-electron chi connectivity index (χ0n) is 13.8. The molecule has 3 rings (SSSR count). The van der Waals surface area contributed by atoms with E-state index < -0.39 is 5.97 Å². The van der Waals surface area contributed by atoms with Crippen LogP contribution < -0.4 is 9.47 Å². The standard InChI is InChI=1S/C20H11N3O4/c21-11-13-1-5-15(6-2-13)26-18-10-9-17(20(24)25)19(23-18)27-16-7-3-14(12-22)4-8-16/h1-10H,(H,24,25). The summed E-state index contributed by atoms with van der Waals surface area (Å²) in [6, 6.07) is 19.3. The van der Waals surface area contributed by atoms with E-state index in [2.05, 4.69) is 4.98 Å². The third kappa shape index (κ3) is 4.19. The molecule has 0 amide bonds. The molecule has 1 aromatic heterocycles. The van der Waals surface area contributed by atoms with E-state index in [1.54, 1.807) is 48.5 Å². The van der Waals surface area contributed by atoms with E-state index in [1.807, 2.05) is 12.1 Å². The first-order valence-corrected chi connectivity index (χ1v) is 7.69. The van der Waals surface area contributed by atoms with E-state index in [1.165, 1.54) is 12.1 Å². The summed E-state index contributed by atoms with van der Waals surface area (Å²) in [5.74, 6) is -0.434. The van der Waals surface area contributed by atoms with Crippen LogP contribution in [0.3, 0.4) is 0 Å². The Morgan fingerprint density at radius 2 is 1.33 bits per heavy atom. The Hall–Kier alpha value is -4.36. The quantitative estimate of drug-likeness (QED) is 0.730. The molecule has 0 atom stereocenters. The van der Waals surface area contributed by atoms with Crippen LogP contribution in [0.15, 0.2) is 60.7 Å². The average Bonchev–Trinajstić information content (AvgIpc) is 2.69. The molecule has 27 heavy (non-hydrogen) atoms. The van der Waals surface area contributed by atoms with Gasteiger partial charge in [0, 0.05) is 6.07 Å². The van der Waals surface area contributed by atoms with Crippen LogP contribution >= 0.6 is 0 Å². The van der Waals surface area contributed by atoms with Gasteiger partial charge in [-0.25, -0.2) is 4.79 Å². The molecule has 2 aromatic carbocycles. The number of carboxylic acid groups (broad SMARTS) is 1. The molecule has 130 valence electrons. The lowest BCUT2D eigenvalue weighted by Crippen LogP contribution is -2.03. The summed E-state index contributed by atoms with van der Waals surface area (Å²) in [5, 5.41) is 27.0. The summed E-state index contributed by atoms with van der Waals surface area (Å²) >= 11 is 0. The first-order valence-electron chi connectivity index (χ1n) is 7.69. The molecule has 0 saturated carbocycles. The molecule has 0 aliphatic heterocycles. The van der Waals surface area contributed by atoms with Gasteiger partial charge in [-0.15, -0.1) is 0 Å². The first kappa shape index (κ1) is 17.5. The first-order chi connectivity index (χ1) is 13.1. The molecule has 0 unspecified atom stereocenters.